The van der Waals surface area contributed by atoms with Gasteiger partial charge in [-0.3, -0.25) is 14.0 Å². The third-order valence-corrected chi connectivity index (χ3v) is 9.44. The van der Waals surface area contributed by atoms with Gasteiger partial charge in [-0.15, -0.1) is 0 Å². The van der Waals surface area contributed by atoms with E-state index in [1.54, 1.807) is 44.0 Å². The average molecular weight is 699 g/mol. The maximum Gasteiger partial charge on any atom is 0.419 e. The number of rotatable bonds is 12. The molecule has 1 fully saturated rings. The zero-order valence-corrected chi connectivity index (χ0v) is 28.0. The van der Waals surface area contributed by atoms with Gasteiger partial charge in [0, 0.05) is 32.2 Å². The number of nitrogens with two attached hydrogens (primary N) is 1. The van der Waals surface area contributed by atoms with Crippen LogP contribution in [0.4, 0.5) is 45.0 Å². The van der Waals surface area contributed by atoms with Crippen molar-refractivity contribution in [1.82, 2.24) is 9.88 Å². The van der Waals surface area contributed by atoms with Crippen LogP contribution in [0.15, 0.2) is 36.4 Å². The molecule has 4 N–H and O–H groups in total. The minimum Gasteiger partial charge on any atom is -0.490 e. The minimum atomic E-state index is -4.81. The molecule has 1 amide bonds. The number of nitrogens with zero attached hydrogens (tertiary/aromatic N) is 3. The maximum atomic E-state index is 15.0. The highest BCUT2D eigenvalue weighted by Gasteiger charge is 2.36. The Morgan fingerprint density at radius 2 is 1.85 bits per heavy atom. The summed E-state index contributed by atoms with van der Waals surface area (Å²) in [5.74, 6) is -2.65. The van der Waals surface area contributed by atoms with E-state index in [4.69, 9.17) is 10.5 Å². The maximum absolute atomic E-state index is 15.0. The van der Waals surface area contributed by atoms with E-state index in [9.17, 15) is 30.8 Å². The van der Waals surface area contributed by atoms with E-state index in [2.05, 4.69) is 15.6 Å². The summed E-state index contributed by atoms with van der Waals surface area (Å²) in [6.07, 6.45) is -3.85. The lowest BCUT2D eigenvalue weighted by Crippen LogP contribution is -2.44. The largest absolute Gasteiger partial charge is 0.490 e. The number of primary amides is 1. The summed E-state index contributed by atoms with van der Waals surface area (Å²) >= 11 is 0. The molecule has 10 nitrogen and oxygen atoms in total. The molecule has 0 radical (unpaired) electrons. The molecule has 4 rings (SSSR count). The third kappa shape index (κ3) is 8.64. The molecular weight excluding hydrogens is 659 g/mol. The highest BCUT2D eigenvalue weighted by Crippen LogP contribution is 2.39. The Hall–Kier alpha value is -4.18. The van der Waals surface area contributed by atoms with Gasteiger partial charge in [0.25, 0.3) is 5.91 Å². The van der Waals surface area contributed by atoms with Gasteiger partial charge in [0.2, 0.25) is 10.0 Å². The molecule has 3 aromatic rings. The number of amides is 1. The van der Waals surface area contributed by atoms with Gasteiger partial charge in [0.1, 0.15) is 36.0 Å². The van der Waals surface area contributed by atoms with Crippen LogP contribution in [-0.2, 0) is 29.2 Å². The first-order chi connectivity index (χ1) is 22.4. The van der Waals surface area contributed by atoms with Gasteiger partial charge in [-0.2, -0.15) is 13.2 Å². The van der Waals surface area contributed by atoms with Crippen molar-refractivity contribution in [3.63, 3.8) is 0 Å². The van der Waals surface area contributed by atoms with Crippen LogP contribution in [0.2, 0.25) is 0 Å². The average Bonchev–Trinajstić information content (AvgIpc) is 2.99. The van der Waals surface area contributed by atoms with E-state index in [-0.39, 0.29) is 60.7 Å². The van der Waals surface area contributed by atoms with Crippen LogP contribution in [0.5, 0.6) is 5.75 Å². The molecular formula is C32H39F5N6O4S. The zero-order chi connectivity index (χ0) is 35.6. The Labute approximate surface area is 276 Å². The number of likely N-dealkylation sites (N-methyl/N-ethyl adjacent to an activating group) is 1. The van der Waals surface area contributed by atoms with Gasteiger partial charge >= 0.3 is 6.18 Å². The van der Waals surface area contributed by atoms with Crippen LogP contribution in [0.25, 0.3) is 0 Å². The molecule has 0 spiro atoms. The van der Waals surface area contributed by atoms with Crippen LogP contribution >= 0.6 is 0 Å². The van der Waals surface area contributed by atoms with Gasteiger partial charge in [-0.25, -0.2) is 22.2 Å². The zero-order valence-electron chi connectivity index (χ0n) is 27.2. The number of hydrogen-bond donors (Lipinski definition) is 3. The summed E-state index contributed by atoms with van der Waals surface area (Å²) in [4.78, 5) is 18.0. The van der Waals surface area contributed by atoms with Gasteiger partial charge in [0.15, 0.2) is 0 Å². The number of likely N-dealkylation sites (tertiary alicyclic amines) is 1. The topological polar surface area (TPSA) is 130 Å². The smallest absolute Gasteiger partial charge is 0.419 e. The van der Waals surface area contributed by atoms with Crippen molar-refractivity contribution >= 4 is 38.9 Å². The first-order valence-corrected chi connectivity index (χ1v) is 17.0. The molecule has 1 saturated heterocycles. The molecule has 1 aromatic heterocycles. The highest BCUT2D eigenvalue weighted by molar-refractivity contribution is 7.92. The summed E-state index contributed by atoms with van der Waals surface area (Å²) in [5, 5.41) is 5.59. The van der Waals surface area contributed by atoms with Crippen molar-refractivity contribution in [2.75, 3.05) is 48.4 Å². The molecule has 48 heavy (non-hydrogen) atoms. The van der Waals surface area contributed by atoms with Crippen LogP contribution in [0.3, 0.4) is 0 Å². The van der Waals surface area contributed by atoms with Crippen LogP contribution in [-0.4, -0.2) is 69.9 Å². The number of carbonyl (C=O) groups excluding carboxylic acids is 1. The number of alkyl halides is 4. The Kier molecular flexibility index (Phi) is 11.1. The van der Waals surface area contributed by atoms with Gasteiger partial charge < -0.3 is 21.1 Å². The second-order valence-corrected chi connectivity index (χ2v) is 13.9. The first kappa shape index (κ1) is 36.7. The lowest BCUT2D eigenvalue weighted by molar-refractivity contribution is -0.137. The number of hydrogen-bond acceptors (Lipinski definition) is 8. The van der Waals surface area contributed by atoms with E-state index in [1.807, 2.05) is 0 Å². The summed E-state index contributed by atoms with van der Waals surface area (Å²) in [7, 11) is -0.598. The molecule has 0 saturated carbocycles. The Bertz CT molecular complexity index is 1770. The second-order valence-electron chi connectivity index (χ2n) is 11.9. The standard InChI is InChI=1S/C32H39F5N6O4S/c1-6-19-12-24(32(35,36)37)31(39-15-20-8-7-18(2)11-27(20)43(4)48(5,45)46)41-30(19)40-26-14-25(34)23(29(38)44)13-28(26)47-17-22-10-9-21(33)16-42(22)3/h7-8,11-14,21-22H,6,9-10,15-17H2,1-5H3,(H2,38,44)(H2,39,40,41). The van der Waals surface area contributed by atoms with E-state index in [0.29, 0.717) is 18.4 Å². The molecule has 2 unspecified atom stereocenters. The van der Waals surface area contributed by atoms with Crippen LogP contribution in [0, 0.1) is 12.7 Å². The number of piperidine rings is 1. The number of nitrogens with one attached hydrogen (secondary N) is 2. The normalized spacial score (nSPS) is 17.2. The third-order valence-electron chi connectivity index (χ3n) is 8.25. The molecule has 0 bridgehead atoms. The fourth-order valence-electron chi connectivity index (χ4n) is 5.39. The Balaban J connectivity index is 1.73. The van der Waals surface area contributed by atoms with Crippen molar-refractivity contribution in [3.05, 3.63) is 70.0 Å². The number of pyridine rings is 1. The molecule has 2 aromatic carbocycles. The van der Waals surface area contributed by atoms with Gasteiger partial charge in [0.05, 0.1) is 28.8 Å². The quantitative estimate of drug-likeness (QED) is 0.204. The first-order valence-electron chi connectivity index (χ1n) is 15.1. The number of sulfonamides is 1. The van der Waals surface area contributed by atoms with Crippen molar-refractivity contribution in [1.29, 1.82) is 0 Å². The number of aromatic nitrogens is 1. The summed E-state index contributed by atoms with van der Waals surface area (Å²) < 4.78 is 103. The molecule has 1 aliphatic rings. The monoisotopic (exact) mass is 698 g/mol. The number of aryl methyl sites for hydroxylation is 2. The molecule has 0 aliphatic carbocycles. The van der Waals surface area contributed by atoms with E-state index < -0.39 is 51.0 Å². The lowest BCUT2D eigenvalue weighted by atomic mass is 10.0. The SMILES string of the molecule is CCc1cc(C(F)(F)F)c(NCc2ccc(C)cc2N(C)S(C)(=O)=O)nc1Nc1cc(F)c(C(N)=O)cc1OCC1CCC(F)CN1C. The number of ether oxygens (including phenoxy) is 1. The van der Waals surface area contributed by atoms with Crippen molar-refractivity contribution < 1.29 is 39.9 Å². The van der Waals surface area contributed by atoms with Crippen LogP contribution < -0.4 is 25.4 Å². The predicted octanol–water partition coefficient (Wildman–Crippen LogP) is 5.77. The number of carbonyl (C=O) groups is 1. The van der Waals surface area contributed by atoms with Crippen LogP contribution in [0.1, 0.15) is 52.4 Å². The minimum absolute atomic E-state index is 0.00709. The summed E-state index contributed by atoms with van der Waals surface area (Å²) in [6.45, 7) is 3.41. The van der Waals surface area contributed by atoms with Gasteiger partial charge in [-0.05, 0) is 68.1 Å². The summed E-state index contributed by atoms with van der Waals surface area (Å²) in [6, 6.07) is 7.71. The van der Waals surface area contributed by atoms with E-state index >= 15 is 4.39 Å². The molecule has 262 valence electrons. The van der Waals surface area contributed by atoms with E-state index in [0.717, 1.165) is 34.3 Å². The fourth-order valence-corrected chi connectivity index (χ4v) is 5.91. The number of halogens is 5. The Morgan fingerprint density at radius 3 is 2.46 bits per heavy atom. The summed E-state index contributed by atoms with van der Waals surface area (Å²) in [5.41, 5.74) is 5.37. The van der Waals surface area contributed by atoms with Gasteiger partial charge in [-0.1, -0.05) is 19.1 Å². The second kappa shape index (κ2) is 14.5. The fraction of sp³-hybridized carbons (Fsp3) is 0.438. The Morgan fingerprint density at radius 1 is 1.15 bits per heavy atom. The predicted molar refractivity (Wildman–Crippen MR) is 175 cm³/mol. The molecule has 2 atom stereocenters. The number of anilines is 4. The van der Waals surface area contributed by atoms with Crippen molar-refractivity contribution in [2.45, 2.75) is 58.0 Å². The lowest BCUT2D eigenvalue weighted by Gasteiger charge is -2.34. The van der Waals surface area contributed by atoms with Crippen molar-refractivity contribution in [3.8, 4) is 5.75 Å². The molecule has 1 aliphatic heterocycles. The van der Waals surface area contributed by atoms with Crippen molar-refractivity contribution in [2.24, 2.45) is 5.73 Å². The molecule has 2 heterocycles. The molecule has 16 heteroatoms. The number of benzene rings is 2. The highest BCUT2D eigenvalue weighted by atomic mass is 32.2. The van der Waals surface area contributed by atoms with E-state index in [1.165, 1.54) is 7.05 Å².